The van der Waals surface area contributed by atoms with Crippen LogP contribution in [-0.4, -0.2) is 31.8 Å². The second kappa shape index (κ2) is 6.77. The van der Waals surface area contributed by atoms with Crippen molar-refractivity contribution in [1.29, 1.82) is 0 Å². The number of likely N-dealkylation sites (tertiary alicyclic amines) is 1. The number of β-lactam (4-membered cyclic amide) rings is 1. The van der Waals surface area contributed by atoms with Gasteiger partial charge >= 0.3 is 0 Å². The van der Waals surface area contributed by atoms with E-state index in [2.05, 4.69) is 52.9 Å². The van der Waals surface area contributed by atoms with Gasteiger partial charge in [-0.3, -0.25) is 4.79 Å². The molecule has 1 heterocycles. The molecule has 128 valence electrons. The summed E-state index contributed by atoms with van der Waals surface area (Å²) in [6, 6.07) is 10.4. The molecule has 1 aromatic rings. The monoisotopic (exact) mass is 333 g/mol. The first-order valence-corrected chi connectivity index (χ1v) is 11.6. The molecule has 0 saturated carbocycles. The van der Waals surface area contributed by atoms with Gasteiger partial charge in [0.2, 0.25) is 5.91 Å². The topological polar surface area (TPSA) is 29.5 Å². The largest absolute Gasteiger partial charge is 0.415 e. The molecule has 0 aliphatic carbocycles. The van der Waals surface area contributed by atoms with Crippen LogP contribution in [0.15, 0.2) is 30.3 Å². The zero-order valence-corrected chi connectivity index (χ0v) is 16.4. The van der Waals surface area contributed by atoms with E-state index in [1.807, 2.05) is 23.1 Å². The minimum absolute atomic E-state index is 0.128. The van der Waals surface area contributed by atoms with Crippen molar-refractivity contribution >= 4 is 14.2 Å². The summed E-state index contributed by atoms with van der Waals surface area (Å²) in [7, 11) is -1.77. The molecule has 2 rings (SSSR count). The molecule has 1 aliphatic heterocycles. The van der Waals surface area contributed by atoms with Crippen LogP contribution >= 0.6 is 0 Å². The lowest BCUT2D eigenvalue weighted by Crippen LogP contribution is -2.63. The van der Waals surface area contributed by atoms with Gasteiger partial charge in [0.1, 0.15) is 0 Å². The van der Waals surface area contributed by atoms with E-state index in [1.165, 1.54) is 5.56 Å². The van der Waals surface area contributed by atoms with Gasteiger partial charge in [0, 0.05) is 6.54 Å². The molecule has 1 fully saturated rings. The number of carbonyl (C=O) groups is 1. The predicted molar refractivity (Wildman–Crippen MR) is 97.7 cm³/mol. The minimum atomic E-state index is -1.77. The lowest BCUT2D eigenvalue weighted by atomic mass is 9.85. The Balaban J connectivity index is 2.03. The molecule has 1 saturated heterocycles. The molecule has 1 aromatic carbocycles. The van der Waals surface area contributed by atoms with Gasteiger partial charge in [0.05, 0.1) is 18.6 Å². The summed E-state index contributed by atoms with van der Waals surface area (Å²) < 4.78 is 6.39. The lowest BCUT2D eigenvalue weighted by Gasteiger charge is -2.49. The Labute approximate surface area is 142 Å². The van der Waals surface area contributed by atoms with Crippen molar-refractivity contribution in [3.8, 4) is 0 Å². The van der Waals surface area contributed by atoms with Gasteiger partial charge in [0.15, 0.2) is 8.32 Å². The Kier molecular flexibility index (Phi) is 5.36. The van der Waals surface area contributed by atoms with Crippen molar-refractivity contribution < 1.29 is 9.22 Å². The molecule has 1 aliphatic rings. The Morgan fingerprint density at radius 1 is 1.17 bits per heavy atom. The molecule has 1 amide bonds. The van der Waals surface area contributed by atoms with Crippen LogP contribution in [0.3, 0.4) is 0 Å². The zero-order chi connectivity index (χ0) is 17.3. The predicted octanol–water partition coefficient (Wildman–Crippen LogP) is 4.45. The minimum Gasteiger partial charge on any atom is -0.415 e. The van der Waals surface area contributed by atoms with Crippen LogP contribution in [0.4, 0.5) is 0 Å². The van der Waals surface area contributed by atoms with E-state index in [9.17, 15) is 4.79 Å². The highest BCUT2D eigenvalue weighted by atomic mass is 28.4. The maximum absolute atomic E-state index is 12.4. The van der Waals surface area contributed by atoms with Crippen molar-refractivity contribution in [1.82, 2.24) is 4.90 Å². The summed E-state index contributed by atoms with van der Waals surface area (Å²) in [6.07, 6.45) is 0.898. The summed E-state index contributed by atoms with van der Waals surface area (Å²) >= 11 is 0. The zero-order valence-electron chi connectivity index (χ0n) is 15.4. The third kappa shape index (κ3) is 3.86. The molecule has 0 N–H and O–H groups in total. The van der Waals surface area contributed by atoms with Gasteiger partial charge in [-0.25, -0.2) is 0 Å². The third-order valence-corrected chi connectivity index (χ3v) is 10.0. The first-order chi connectivity index (χ1) is 10.7. The highest BCUT2D eigenvalue weighted by molar-refractivity contribution is 6.74. The highest BCUT2D eigenvalue weighted by Gasteiger charge is 2.47. The van der Waals surface area contributed by atoms with Crippen molar-refractivity contribution in [2.24, 2.45) is 5.92 Å². The lowest BCUT2D eigenvalue weighted by molar-refractivity contribution is -0.160. The fourth-order valence-electron chi connectivity index (χ4n) is 2.81. The van der Waals surface area contributed by atoms with Crippen LogP contribution in [0.2, 0.25) is 18.1 Å². The number of hydrogen-bond acceptors (Lipinski definition) is 2. The van der Waals surface area contributed by atoms with E-state index in [0.717, 1.165) is 6.42 Å². The van der Waals surface area contributed by atoms with Crippen molar-refractivity contribution in [3.05, 3.63) is 35.9 Å². The molecule has 23 heavy (non-hydrogen) atoms. The highest BCUT2D eigenvalue weighted by Crippen LogP contribution is 2.38. The maximum Gasteiger partial charge on any atom is 0.228 e. The SMILES string of the molecule is CC[C@@H]1C(=O)N(Cc2ccccc2)[C@@H]1CO[Si](C)(C)C(C)(C)C. The summed E-state index contributed by atoms with van der Waals surface area (Å²) in [5.74, 6) is 0.406. The summed E-state index contributed by atoms with van der Waals surface area (Å²) in [5, 5.41) is 0.201. The molecule has 0 bridgehead atoms. The summed E-state index contributed by atoms with van der Waals surface area (Å²) in [4.78, 5) is 14.4. The fraction of sp³-hybridized carbons (Fsp3) is 0.632. The summed E-state index contributed by atoms with van der Waals surface area (Å²) in [5.41, 5.74) is 1.19. The van der Waals surface area contributed by atoms with Crippen LogP contribution in [-0.2, 0) is 15.8 Å². The van der Waals surface area contributed by atoms with Gasteiger partial charge in [0.25, 0.3) is 0 Å². The number of amides is 1. The molecule has 3 nitrogen and oxygen atoms in total. The molecule has 0 aromatic heterocycles. The first kappa shape index (κ1) is 18.2. The number of rotatable bonds is 6. The number of nitrogens with zero attached hydrogens (tertiary/aromatic N) is 1. The van der Waals surface area contributed by atoms with Crippen LogP contribution in [0.25, 0.3) is 0 Å². The van der Waals surface area contributed by atoms with Crippen LogP contribution in [0.1, 0.15) is 39.7 Å². The Hall–Kier alpha value is -1.13. The van der Waals surface area contributed by atoms with E-state index >= 15 is 0 Å². The van der Waals surface area contributed by atoms with Gasteiger partial charge < -0.3 is 9.33 Å². The quantitative estimate of drug-likeness (QED) is 0.569. The second-order valence-corrected chi connectivity index (χ2v) is 12.9. The fourth-order valence-corrected chi connectivity index (χ4v) is 3.83. The van der Waals surface area contributed by atoms with Crippen molar-refractivity contribution in [2.45, 2.75) is 64.8 Å². The van der Waals surface area contributed by atoms with Gasteiger partial charge in [-0.05, 0) is 30.1 Å². The van der Waals surface area contributed by atoms with Crippen LogP contribution in [0.5, 0.6) is 0 Å². The molecular weight excluding hydrogens is 302 g/mol. The first-order valence-electron chi connectivity index (χ1n) is 8.65. The van der Waals surface area contributed by atoms with E-state index in [4.69, 9.17) is 4.43 Å². The average molecular weight is 334 g/mol. The van der Waals surface area contributed by atoms with Crippen molar-refractivity contribution in [2.75, 3.05) is 6.61 Å². The van der Waals surface area contributed by atoms with Gasteiger partial charge in [-0.1, -0.05) is 58.0 Å². The molecule has 2 atom stereocenters. The molecule has 0 spiro atoms. The Morgan fingerprint density at radius 2 is 1.78 bits per heavy atom. The van der Waals surface area contributed by atoms with E-state index in [-0.39, 0.29) is 22.9 Å². The van der Waals surface area contributed by atoms with Gasteiger partial charge in [-0.15, -0.1) is 0 Å². The van der Waals surface area contributed by atoms with E-state index in [0.29, 0.717) is 13.2 Å². The molecule has 0 radical (unpaired) electrons. The standard InChI is InChI=1S/C19H31NO2Si/c1-7-16-17(14-22-23(5,6)19(2,3)4)20(18(16)21)13-15-11-9-8-10-12-15/h8-12,16-17H,7,13-14H2,1-6H3/t16-,17+/m0/s1. The smallest absolute Gasteiger partial charge is 0.228 e. The summed E-state index contributed by atoms with van der Waals surface area (Å²) in [6.45, 7) is 14.8. The normalized spacial score (nSPS) is 22.2. The third-order valence-electron chi connectivity index (χ3n) is 5.52. The Bertz CT molecular complexity index is 536. The molecular formula is C19H31NO2Si. The Morgan fingerprint density at radius 3 is 2.30 bits per heavy atom. The average Bonchev–Trinajstić information content (AvgIpc) is 2.48. The molecule has 4 heteroatoms. The van der Waals surface area contributed by atoms with E-state index < -0.39 is 8.32 Å². The number of carbonyl (C=O) groups excluding carboxylic acids is 1. The van der Waals surface area contributed by atoms with Crippen LogP contribution in [0, 0.1) is 5.92 Å². The van der Waals surface area contributed by atoms with Crippen molar-refractivity contribution in [3.63, 3.8) is 0 Å². The number of hydrogen-bond donors (Lipinski definition) is 0. The maximum atomic E-state index is 12.4. The van der Waals surface area contributed by atoms with E-state index in [1.54, 1.807) is 0 Å². The molecule has 0 unspecified atom stereocenters. The number of benzene rings is 1. The second-order valence-electron chi connectivity index (χ2n) is 8.11. The van der Waals surface area contributed by atoms with Crippen LogP contribution < -0.4 is 0 Å². The van der Waals surface area contributed by atoms with Gasteiger partial charge in [-0.2, -0.15) is 0 Å².